The number of aromatic nitrogens is 1. The molecule has 0 radical (unpaired) electrons. The lowest BCUT2D eigenvalue weighted by molar-refractivity contribution is 0.0821. The molecule has 4 rings (SSSR count). The summed E-state index contributed by atoms with van der Waals surface area (Å²) in [6.07, 6.45) is 9.28. The van der Waals surface area contributed by atoms with Gasteiger partial charge in [-0.15, -0.1) is 0 Å². The van der Waals surface area contributed by atoms with Crippen LogP contribution in [0.1, 0.15) is 44.2 Å². The number of hydrogen-bond donors (Lipinski definition) is 1. The third kappa shape index (κ3) is 3.14. The van der Waals surface area contributed by atoms with Crippen LogP contribution in [-0.2, 0) is 0 Å². The molecular formula is C19H28N4O. The fraction of sp³-hybridized carbons (Fsp3) is 0.684. The average molecular weight is 328 g/mol. The van der Waals surface area contributed by atoms with E-state index in [1.807, 2.05) is 24.0 Å². The highest BCUT2D eigenvalue weighted by molar-refractivity contribution is 5.74. The van der Waals surface area contributed by atoms with Crippen LogP contribution in [0.15, 0.2) is 24.5 Å². The van der Waals surface area contributed by atoms with Crippen LogP contribution in [-0.4, -0.2) is 53.0 Å². The maximum atomic E-state index is 12.5. The van der Waals surface area contributed by atoms with Gasteiger partial charge in [0.05, 0.1) is 6.04 Å². The molecule has 3 aliphatic rings. The molecule has 0 unspecified atom stereocenters. The monoisotopic (exact) mass is 328 g/mol. The van der Waals surface area contributed by atoms with E-state index in [0.29, 0.717) is 0 Å². The summed E-state index contributed by atoms with van der Waals surface area (Å²) in [5.74, 6) is 1.92. The maximum absolute atomic E-state index is 12.5. The molecule has 1 saturated heterocycles. The second-order valence-electron chi connectivity index (χ2n) is 7.72. The summed E-state index contributed by atoms with van der Waals surface area (Å²) >= 11 is 0. The van der Waals surface area contributed by atoms with E-state index in [1.54, 1.807) is 12.4 Å². The van der Waals surface area contributed by atoms with E-state index in [-0.39, 0.29) is 12.1 Å². The van der Waals surface area contributed by atoms with Crippen LogP contribution in [0.4, 0.5) is 4.79 Å². The summed E-state index contributed by atoms with van der Waals surface area (Å²) < 4.78 is 0. The van der Waals surface area contributed by atoms with Gasteiger partial charge in [-0.25, -0.2) is 4.79 Å². The summed E-state index contributed by atoms with van der Waals surface area (Å²) in [6, 6.07) is 4.79. The lowest BCUT2D eigenvalue weighted by Crippen LogP contribution is -2.55. The third-order valence-electron chi connectivity index (χ3n) is 6.32. The molecule has 130 valence electrons. The normalized spacial score (nSPS) is 31.2. The first-order chi connectivity index (χ1) is 11.7. The average Bonchev–Trinajstić information content (AvgIpc) is 3.26. The van der Waals surface area contributed by atoms with E-state index >= 15 is 0 Å². The van der Waals surface area contributed by atoms with Gasteiger partial charge in [0.25, 0.3) is 0 Å². The molecule has 1 aliphatic heterocycles. The number of amides is 2. The molecule has 3 fully saturated rings. The van der Waals surface area contributed by atoms with E-state index in [4.69, 9.17) is 0 Å². The molecule has 1 aromatic rings. The molecule has 2 heterocycles. The third-order valence-corrected chi connectivity index (χ3v) is 6.32. The molecule has 0 aromatic carbocycles. The van der Waals surface area contributed by atoms with E-state index in [0.717, 1.165) is 49.6 Å². The van der Waals surface area contributed by atoms with Crippen LogP contribution in [0.5, 0.6) is 0 Å². The highest BCUT2D eigenvalue weighted by Crippen LogP contribution is 2.46. The number of rotatable bonds is 3. The zero-order valence-corrected chi connectivity index (χ0v) is 14.5. The van der Waals surface area contributed by atoms with Gasteiger partial charge in [-0.2, -0.15) is 0 Å². The Bertz CT molecular complexity index is 570. The summed E-state index contributed by atoms with van der Waals surface area (Å²) in [6.45, 7) is 5.79. The Kier molecular flexibility index (Phi) is 4.44. The summed E-state index contributed by atoms with van der Waals surface area (Å²) in [5, 5.41) is 3.12. The molecule has 5 heteroatoms. The van der Waals surface area contributed by atoms with Crippen LogP contribution in [0.2, 0.25) is 0 Å². The van der Waals surface area contributed by atoms with Gasteiger partial charge in [-0.1, -0.05) is 6.42 Å². The molecule has 1 N–H and O–H groups in total. The Balaban J connectivity index is 1.27. The molecule has 1 aromatic heterocycles. The van der Waals surface area contributed by atoms with Crippen LogP contribution in [0, 0.1) is 11.8 Å². The fourth-order valence-corrected chi connectivity index (χ4v) is 4.93. The van der Waals surface area contributed by atoms with Gasteiger partial charge < -0.3 is 10.2 Å². The Morgan fingerprint density at radius 3 is 2.54 bits per heavy atom. The first kappa shape index (κ1) is 15.9. The van der Waals surface area contributed by atoms with Crippen molar-refractivity contribution in [2.24, 2.45) is 11.8 Å². The number of carbonyl (C=O) groups is 1. The quantitative estimate of drug-likeness (QED) is 0.928. The largest absolute Gasteiger partial charge is 0.331 e. The van der Waals surface area contributed by atoms with Gasteiger partial charge in [0, 0.05) is 44.6 Å². The lowest BCUT2D eigenvalue weighted by Gasteiger charge is -2.41. The summed E-state index contributed by atoms with van der Waals surface area (Å²) in [5.41, 5.74) is 1.10. The highest BCUT2D eigenvalue weighted by Gasteiger charge is 2.42. The molecule has 2 amide bonds. The highest BCUT2D eigenvalue weighted by atomic mass is 16.2. The van der Waals surface area contributed by atoms with Crippen molar-refractivity contribution in [2.45, 2.75) is 44.7 Å². The molecule has 4 atom stereocenters. The fourth-order valence-electron chi connectivity index (χ4n) is 4.93. The van der Waals surface area contributed by atoms with Crippen molar-refractivity contribution < 1.29 is 4.79 Å². The number of nitrogens with zero attached hydrogens (tertiary/aromatic N) is 3. The minimum absolute atomic E-state index is 0.0177. The second kappa shape index (κ2) is 6.71. The minimum Gasteiger partial charge on any atom is -0.331 e. The van der Waals surface area contributed by atoms with E-state index in [1.165, 1.54) is 25.7 Å². The second-order valence-corrected chi connectivity index (χ2v) is 7.72. The number of piperazine rings is 1. The molecule has 24 heavy (non-hydrogen) atoms. The van der Waals surface area contributed by atoms with Crippen molar-refractivity contribution >= 4 is 6.03 Å². The number of urea groups is 1. The first-order valence-corrected chi connectivity index (χ1v) is 9.40. The Morgan fingerprint density at radius 2 is 1.92 bits per heavy atom. The topological polar surface area (TPSA) is 48.5 Å². The number of pyridine rings is 1. The zero-order valence-electron chi connectivity index (χ0n) is 14.5. The SMILES string of the molecule is C[C@H](NC(=O)N1CCN([C@@H]2C[C@H]3CC[C@H]2C3)CC1)c1ccncc1. The van der Waals surface area contributed by atoms with Crippen LogP contribution < -0.4 is 5.32 Å². The standard InChI is InChI=1S/C19H28N4O/c1-14(16-4-6-20-7-5-16)21-19(24)23-10-8-22(9-11-23)18-13-15-2-3-17(18)12-15/h4-7,14-15,17-18H,2-3,8-13H2,1H3,(H,21,24)/t14-,15-,17-,18+/m0/s1. The van der Waals surface area contributed by atoms with E-state index < -0.39 is 0 Å². The number of fused-ring (bicyclic) bond motifs is 2. The van der Waals surface area contributed by atoms with Crippen molar-refractivity contribution in [1.29, 1.82) is 0 Å². The van der Waals surface area contributed by atoms with Gasteiger partial charge in [-0.3, -0.25) is 9.88 Å². The first-order valence-electron chi connectivity index (χ1n) is 9.40. The van der Waals surface area contributed by atoms with Gasteiger partial charge >= 0.3 is 6.03 Å². The van der Waals surface area contributed by atoms with Crippen molar-refractivity contribution in [3.63, 3.8) is 0 Å². The van der Waals surface area contributed by atoms with Gasteiger partial charge in [0.15, 0.2) is 0 Å². The number of hydrogen-bond acceptors (Lipinski definition) is 3. The van der Waals surface area contributed by atoms with Crippen LogP contribution in [0.3, 0.4) is 0 Å². The molecule has 2 bridgehead atoms. The van der Waals surface area contributed by atoms with E-state index in [9.17, 15) is 4.79 Å². The summed E-state index contributed by atoms with van der Waals surface area (Å²) in [7, 11) is 0. The number of carbonyl (C=O) groups excluding carboxylic acids is 1. The predicted molar refractivity (Wildman–Crippen MR) is 93.6 cm³/mol. The zero-order chi connectivity index (χ0) is 16.5. The van der Waals surface area contributed by atoms with Crippen molar-refractivity contribution in [3.8, 4) is 0 Å². The molecule has 2 aliphatic carbocycles. The van der Waals surface area contributed by atoms with Crippen molar-refractivity contribution in [1.82, 2.24) is 20.1 Å². The Labute approximate surface area is 144 Å². The molecule has 5 nitrogen and oxygen atoms in total. The van der Waals surface area contributed by atoms with Gasteiger partial charge in [0.2, 0.25) is 0 Å². The molecular weight excluding hydrogens is 300 g/mol. The minimum atomic E-state index is 0.0177. The van der Waals surface area contributed by atoms with Crippen molar-refractivity contribution in [3.05, 3.63) is 30.1 Å². The van der Waals surface area contributed by atoms with Crippen LogP contribution in [0.25, 0.3) is 0 Å². The summed E-state index contributed by atoms with van der Waals surface area (Å²) in [4.78, 5) is 21.2. The lowest BCUT2D eigenvalue weighted by atomic mass is 9.93. The Morgan fingerprint density at radius 1 is 1.17 bits per heavy atom. The molecule has 0 spiro atoms. The molecule has 2 saturated carbocycles. The van der Waals surface area contributed by atoms with E-state index in [2.05, 4.69) is 15.2 Å². The van der Waals surface area contributed by atoms with Crippen molar-refractivity contribution in [2.75, 3.05) is 26.2 Å². The Hall–Kier alpha value is -1.62. The van der Waals surface area contributed by atoms with Crippen LogP contribution >= 0.6 is 0 Å². The smallest absolute Gasteiger partial charge is 0.317 e. The predicted octanol–water partition coefficient (Wildman–Crippen LogP) is 2.66. The van der Waals surface area contributed by atoms with Gasteiger partial charge in [0.1, 0.15) is 0 Å². The maximum Gasteiger partial charge on any atom is 0.317 e. The van der Waals surface area contributed by atoms with Gasteiger partial charge in [-0.05, 0) is 55.7 Å². The number of nitrogens with one attached hydrogen (secondary N) is 1.